The summed E-state index contributed by atoms with van der Waals surface area (Å²) in [6.45, 7) is 1.85. The van der Waals surface area contributed by atoms with Gasteiger partial charge in [-0.2, -0.15) is 0 Å². The van der Waals surface area contributed by atoms with E-state index in [1.807, 2.05) is 0 Å². The van der Waals surface area contributed by atoms with Crippen LogP contribution in [0.2, 0.25) is 0 Å². The standard InChI is InChI=1S/C14H22N4O2/c1-20-14(19)13-15-9-18(16-13)10-17-8-4-6-11-5-2-3-7-12(11)17/h9,11-12H,2-8,10H2,1H3. The quantitative estimate of drug-likeness (QED) is 0.787. The number of piperidine rings is 1. The van der Waals surface area contributed by atoms with Crippen LogP contribution in [0.1, 0.15) is 49.1 Å². The van der Waals surface area contributed by atoms with Gasteiger partial charge in [0.15, 0.2) is 0 Å². The predicted octanol–water partition coefficient (Wildman–Crippen LogP) is 1.68. The third kappa shape index (κ3) is 2.70. The molecule has 2 fully saturated rings. The Morgan fingerprint density at radius 2 is 2.15 bits per heavy atom. The van der Waals surface area contributed by atoms with E-state index < -0.39 is 5.97 Å². The van der Waals surface area contributed by atoms with Crippen molar-refractivity contribution in [2.75, 3.05) is 13.7 Å². The van der Waals surface area contributed by atoms with Gasteiger partial charge in [-0.15, -0.1) is 5.10 Å². The van der Waals surface area contributed by atoms with Crippen molar-refractivity contribution in [3.8, 4) is 0 Å². The third-order valence-corrected chi connectivity index (χ3v) is 4.59. The molecule has 1 aliphatic heterocycles. The largest absolute Gasteiger partial charge is 0.463 e. The molecule has 1 aromatic rings. The number of aromatic nitrogens is 3. The summed E-state index contributed by atoms with van der Waals surface area (Å²) < 4.78 is 6.39. The number of hydrogen-bond donors (Lipinski definition) is 0. The average molecular weight is 278 g/mol. The Balaban J connectivity index is 1.67. The first kappa shape index (κ1) is 13.5. The second kappa shape index (κ2) is 5.91. The number of hydrogen-bond acceptors (Lipinski definition) is 5. The molecule has 3 rings (SSSR count). The van der Waals surface area contributed by atoms with Crippen molar-refractivity contribution in [1.82, 2.24) is 19.7 Å². The Morgan fingerprint density at radius 3 is 3.00 bits per heavy atom. The Morgan fingerprint density at radius 1 is 1.35 bits per heavy atom. The second-order valence-electron chi connectivity index (χ2n) is 5.81. The average Bonchev–Trinajstić information content (AvgIpc) is 2.95. The number of fused-ring (bicyclic) bond motifs is 1. The molecular formula is C14H22N4O2. The van der Waals surface area contributed by atoms with Gasteiger partial charge in [-0.05, 0) is 31.6 Å². The molecule has 1 aromatic heterocycles. The predicted molar refractivity (Wildman–Crippen MR) is 73.0 cm³/mol. The topological polar surface area (TPSA) is 60.2 Å². The van der Waals surface area contributed by atoms with Crippen LogP contribution in [0.25, 0.3) is 0 Å². The summed E-state index contributed by atoms with van der Waals surface area (Å²) in [4.78, 5) is 17.9. The van der Waals surface area contributed by atoms with E-state index in [0.29, 0.717) is 6.04 Å². The monoisotopic (exact) mass is 278 g/mol. The molecule has 0 amide bonds. The summed E-state index contributed by atoms with van der Waals surface area (Å²) in [5.41, 5.74) is 0. The van der Waals surface area contributed by atoms with Gasteiger partial charge < -0.3 is 4.74 Å². The highest BCUT2D eigenvalue weighted by atomic mass is 16.5. The summed E-state index contributed by atoms with van der Waals surface area (Å²) in [5, 5.41) is 4.20. The van der Waals surface area contributed by atoms with E-state index >= 15 is 0 Å². The Bertz CT molecular complexity index is 471. The number of carbonyl (C=O) groups excluding carboxylic acids is 1. The smallest absolute Gasteiger partial charge is 0.377 e. The van der Waals surface area contributed by atoms with Gasteiger partial charge in [-0.25, -0.2) is 14.5 Å². The lowest BCUT2D eigenvalue weighted by Gasteiger charge is -2.43. The van der Waals surface area contributed by atoms with E-state index in [0.717, 1.165) is 19.1 Å². The molecule has 0 bridgehead atoms. The summed E-state index contributed by atoms with van der Waals surface area (Å²) in [6, 6.07) is 0.684. The minimum absolute atomic E-state index is 0.143. The van der Waals surface area contributed by atoms with Gasteiger partial charge in [-0.1, -0.05) is 12.8 Å². The van der Waals surface area contributed by atoms with Crippen LogP contribution in [-0.2, 0) is 11.4 Å². The summed E-state index contributed by atoms with van der Waals surface area (Å²) in [7, 11) is 1.35. The molecule has 0 aromatic carbocycles. The fraction of sp³-hybridized carbons (Fsp3) is 0.786. The number of nitrogens with zero attached hydrogens (tertiary/aromatic N) is 4. The maximum atomic E-state index is 11.4. The molecule has 1 aliphatic carbocycles. The molecule has 2 unspecified atom stereocenters. The van der Waals surface area contributed by atoms with E-state index in [4.69, 9.17) is 0 Å². The minimum atomic E-state index is -0.474. The first-order valence-corrected chi connectivity index (χ1v) is 7.50. The van der Waals surface area contributed by atoms with Crippen LogP contribution >= 0.6 is 0 Å². The van der Waals surface area contributed by atoms with Crippen molar-refractivity contribution in [2.45, 2.75) is 51.2 Å². The zero-order valence-electron chi connectivity index (χ0n) is 12.0. The lowest BCUT2D eigenvalue weighted by molar-refractivity contribution is 0.0325. The number of carbonyl (C=O) groups is 1. The van der Waals surface area contributed by atoms with Gasteiger partial charge in [0, 0.05) is 12.6 Å². The highest BCUT2D eigenvalue weighted by Gasteiger charge is 2.33. The molecule has 6 nitrogen and oxygen atoms in total. The summed E-state index contributed by atoms with van der Waals surface area (Å²) in [6.07, 6.45) is 9.63. The van der Waals surface area contributed by atoms with Crippen molar-refractivity contribution in [2.24, 2.45) is 5.92 Å². The number of ether oxygens (including phenoxy) is 1. The van der Waals surface area contributed by atoms with Crippen molar-refractivity contribution in [1.29, 1.82) is 0 Å². The highest BCUT2D eigenvalue weighted by molar-refractivity contribution is 5.84. The van der Waals surface area contributed by atoms with Gasteiger partial charge in [0.25, 0.3) is 5.82 Å². The Labute approximate surface area is 119 Å². The molecule has 0 spiro atoms. The van der Waals surface area contributed by atoms with E-state index in [-0.39, 0.29) is 5.82 Å². The van der Waals surface area contributed by atoms with Crippen LogP contribution in [-0.4, -0.2) is 45.3 Å². The first-order chi connectivity index (χ1) is 9.78. The fourth-order valence-corrected chi connectivity index (χ4v) is 3.64. The maximum Gasteiger partial charge on any atom is 0.377 e. The molecule has 1 saturated heterocycles. The van der Waals surface area contributed by atoms with E-state index in [2.05, 4.69) is 19.7 Å². The molecule has 110 valence electrons. The molecule has 2 aliphatic rings. The molecule has 2 atom stereocenters. The molecular weight excluding hydrogens is 256 g/mol. The van der Waals surface area contributed by atoms with Crippen LogP contribution in [0.3, 0.4) is 0 Å². The molecule has 2 heterocycles. The Kier molecular flexibility index (Phi) is 4.00. The van der Waals surface area contributed by atoms with E-state index in [9.17, 15) is 4.79 Å². The summed E-state index contributed by atoms with van der Waals surface area (Å²) in [5.74, 6) is 0.517. The van der Waals surface area contributed by atoms with Gasteiger partial charge in [0.2, 0.25) is 0 Å². The number of likely N-dealkylation sites (tertiary alicyclic amines) is 1. The van der Waals surface area contributed by atoms with Crippen LogP contribution in [0.15, 0.2) is 6.33 Å². The van der Waals surface area contributed by atoms with Gasteiger partial charge in [-0.3, -0.25) is 4.90 Å². The van der Waals surface area contributed by atoms with Gasteiger partial charge in [0.1, 0.15) is 6.33 Å². The summed E-state index contributed by atoms with van der Waals surface area (Å²) >= 11 is 0. The first-order valence-electron chi connectivity index (χ1n) is 7.50. The van der Waals surface area contributed by atoms with Crippen molar-refractivity contribution < 1.29 is 9.53 Å². The molecule has 6 heteroatoms. The highest BCUT2D eigenvalue weighted by Crippen LogP contribution is 2.35. The third-order valence-electron chi connectivity index (χ3n) is 4.59. The van der Waals surface area contributed by atoms with Crippen molar-refractivity contribution in [3.05, 3.63) is 12.2 Å². The number of methoxy groups -OCH3 is 1. The van der Waals surface area contributed by atoms with Crippen LogP contribution < -0.4 is 0 Å². The molecule has 0 N–H and O–H groups in total. The molecule has 0 radical (unpaired) electrons. The van der Waals surface area contributed by atoms with E-state index in [1.54, 1.807) is 11.0 Å². The van der Waals surface area contributed by atoms with Crippen LogP contribution in [0.4, 0.5) is 0 Å². The zero-order valence-corrected chi connectivity index (χ0v) is 12.0. The lowest BCUT2D eigenvalue weighted by atomic mass is 9.78. The second-order valence-corrected chi connectivity index (χ2v) is 5.81. The minimum Gasteiger partial charge on any atom is -0.463 e. The number of rotatable bonds is 3. The van der Waals surface area contributed by atoms with E-state index in [1.165, 1.54) is 45.6 Å². The fourth-order valence-electron chi connectivity index (χ4n) is 3.64. The van der Waals surface area contributed by atoms with Crippen LogP contribution in [0.5, 0.6) is 0 Å². The zero-order chi connectivity index (χ0) is 13.9. The van der Waals surface area contributed by atoms with Crippen molar-refractivity contribution in [3.63, 3.8) is 0 Å². The number of esters is 1. The van der Waals surface area contributed by atoms with Gasteiger partial charge >= 0.3 is 5.97 Å². The molecule has 1 saturated carbocycles. The van der Waals surface area contributed by atoms with Crippen molar-refractivity contribution >= 4 is 5.97 Å². The SMILES string of the molecule is COC(=O)c1ncn(CN2CCCC3CCCCC32)n1. The Hall–Kier alpha value is -1.43. The lowest BCUT2D eigenvalue weighted by Crippen LogP contribution is -2.47. The van der Waals surface area contributed by atoms with Gasteiger partial charge in [0.05, 0.1) is 13.8 Å². The molecule has 20 heavy (non-hydrogen) atoms. The van der Waals surface area contributed by atoms with Crippen LogP contribution in [0, 0.1) is 5.92 Å². The normalized spacial score (nSPS) is 27.1. The maximum absolute atomic E-state index is 11.4.